The van der Waals surface area contributed by atoms with Crippen molar-refractivity contribution in [3.8, 4) is 0 Å². The number of likely N-dealkylation sites (tertiary alicyclic amines) is 3. The molecule has 0 spiro atoms. The summed E-state index contributed by atoms with van der Waals surface area (Å²) in [5, 5.41) is 3.20. The van der Waals surface area contributed by atoms with Crippen LogP contribution in [0.2, 0.25) is 0 Å². The number of hydrogen-bond donors (Lipinski definition) is 1. The molecule has 8 heteroatoms. The van der Waals surface area contributed by atoms with Crippen LogP contribution in [0.15, 0.2) is 0 Å². The van der Waals surface area contributed by atoms with Gasteiger partial charge in [-0.05, 0) is 96.1 Å². The molecule has 4 amide bonds. The van der Waals surface area contributed by atoms with E-state index < -0.39 is 0 Å². The normalized spacial score (nSPS) is 30.5. The third kappa shape index (κ3) is 5.68. The molecular weight excluding hydrogens is 454 g/mol. The number of hydrogen-bond acceptors (Lipinski definition) is 4. The Morgan fingerprint density at radius 2 is 1.69 bits per heavy atom. The van der Waals surface area contributed by atoms with Crippen LogP contribution >= 0.6 is 0 Å². The van der Waals surface area contributed by atoms with Crippen LogP contribution in [-0.4, -0.2) is 102 Å². The van der Waals surface area contributed by atoms with Gasteiger partial charge in [-0.2, -0.15) is 0 Å². The largest absolute Gasteiger partial charge is 0.356 e. The zero-order valence-electron chi connectivity index (χ0n) is 22.5. The number of rotatable bonds is 5. The van der Waals surface area contributed by atoms with Crippen LogP contribution in [-0.2, 0) is 9.59 Å². The first-order valence-corrected chi connectivity index (χ1v) is 14.7. The predicted octanol–water partition coefficient (Wildman–Crippen LogP) is 2.78. The fraction of sp³-hybridized carbons (Fsp3) is 0.893. The Kier molecular flexibility index (Phi) is 8.08. The highest BCUT2D eigenvalue weighted by molar-refractivity contribution is 5.80. The van der Waals surface area contributed by atoms with E-state index in [2.05, 4.69) is 33.9 Å². The van der Waals surface area contributed by atoms with Crippen molar-refractivity contribution in [2.24, 2.45) is 23.7 Å². The fourth-order valence-electron chi connectivity index (χ4n) is 7.60. The van der Waals surface area contributed by atoms with Crippen molar-refractivity contribution in [1.29, 1.82) is 0 Å². The molecule has 0 aromatic carbocycles. The molecule has 5 fully saturated rings. The molecule has 0 unspecified atom stereocenters. The first-order valence-electron chi connectivity index (χ1n) is 14.7. The Labute approximate surface area is 217 Å². The van der Waals surface area contributed by atoms with E-state index in [1.807, 2.05) is 4.90 Å². The number of piperidine rings is 5. The highest BCUT2D eigenvalue weighted by Crippen LogP contribution is 2.38. The van der Waals surface area contributed by atoms with E-state index in [0.717, 1.165) is 70.6 Å². The third-order valence-electron chi connectivity index (χ3n) is 9.82. The van der Waals surface area contributed by atoms with Crippen LogP contribution in [0.3, 0.4) is 0 Å². The molecular formula is C28H47N5O3. The number of carbonyl (C=O) groups excluding carboxylic acids is 3. The van der Waals surface area contributed by atoms with E-state index in [-0.39, 0.29) is 17.9 Å². The van der Waals surface area contributed by atoms with E-state index in [4.69, 9.17) is 0 Å². The second kappa shape index (κ2) is 11.3. The van der Waals surface area contributed by atoms with E-state index >= 15 is 0 Å². The highest BCUT2D eigenvalue weighted by atomic mass is 16.2. The Morgan fingerprint density at radius 1 is 0.944 bits per heavy atom. The SMILES string of the molecule is CC(C)N1CCC(CCNC(=O)C2CCN(C(=O)N3C[C@@H]4C[C@H](C3)[C@H]3CCCC(=O)N3C4)CC2)CC1. The Bertz CT molecular complexity index is 803. The van der Waals surface area contributed by atoms with Gasteiger partial charge in [-0.25, -0.2) is 4.79 Å². The molecule has 0 aromatic rings. The van der Waals surface area contributed by atoms with Crippen LogP contribution < -0.4 is 5.32 Å². The van der Waals surface area contributed by atoms with Gasteiger partial charge in [0.15, 0.2) is 0 Å². The first kappa shape index (κ1) is 25.8. The summed E-state index contributed by atoms with van der Waals surface area (Å²) in [6, 6.07) is 1.10. The predicted molar refractivity (Wildman–Crippen MR) is 139 cm³/mol. The number of nitrogens with one attached hydrogen (secondary N) is 1. The smallest absolute Gasteiger partial charge is 0.320 e. The molecule has 3 atom stereocenters. The second-order valence-corrected chi connectivity index (χ2v) is 12.5. The van der Waals surface area contributed by atoms with Crippen molar-refractivity contribution in [1.82, 2.24) is 24.9 Å². The molecule has 0 radical (unpaired) electrons. The lowest BCUT2D eigenvalue weighted by Gasteiger charge is -2.53. The maximum Gasteiger partial charge on any atom is 0.320 e. The molecule has 0 aliphatic carbocycles. The van der Waals surface area contributed by atoms with Crippen LogP contribution in [0, 0.1) is 23.7 Å². The van der Waals surface area contributed by atoms with Crippen molar-refractivity contribution in [3.63, 3.8) is 0 Å². The van der Waals surface area contributed by atoms with Gasteiger partial charge in [0.25, 0.3) is 0 Å². The summed E-state index contributed by atoms with van der Waals surface area (Å²) in [7, 11) is 0. The summed E-state index contributed by atoms with van der Waals surface area (Å²) in [6.07, 6.45) is 8.99. The van der Waals surface area contributed by atoms with Gasteiger partial charge in [-0.15, -0.1) is 0 Å². The van der Waals surface area contributed by atoms with Crippen LogP contribution in [0.25, 0.3) is 0 Å². The van der Waals surface area contributed by atoms with Crippen molar-refractivity contribution < 1.29 is 14.4 Å². The van der Waals surface area contributed by atoms with Crippen molar-refractivity contribution >= 4 is 17.8 Å². The minimum Gasteiger partial charge on any atom is -0.356 e. The Morgan fingerprint density at radius 3 is 2.42 bits per heavy atom. The zero-order valence-corrected chi connectivity index (χ0v) is 22.5. The molecule has 36 heavy (non-hydrogen) atoms. The maximum absolute atomic E-state index is 13.4. The molecule has 5 aliphatic heterocycles. The monoisotopic (exact) mass is 501 g/mol. The Balaban J connectivity index is 1.02. The molecule has 0 aromatic heterocycles. The molecule has 5 saturated heterocycles. The maximum atomic E-state index is 13.4. The average Bonchev–Trinajstić information content (AvgIpc) is 2.89. The van der Waals surface area contributed by atoms with Crippen LogP contribution in [0.5, 0.6) is 0 Å². The Hall–Kier alpha value is -1.83. The number of carbonyl (C=O) groups is 3. The van der Waals surface area contributed by atoms with Gasteiger partial charge in [0.2, 0.25) is 11.8 Å². The minimum atomic E-state index is 0.0272. The number of amides is 4. The van der Waals surface area contributed by atoms with Crippen LogP contribution in [0.4, 0.5) is 4.79 Å². The highest BCUT2D eigenvalue weighted by Gasteiger charge is 2.45. The van der Waals surface area contributed by atoms with Crippen molar-refractivity contribution in [2.45, 2.75) is 83.7 Å². The van der Waals surface area contributed by atoms with Gasteiger partial charge in [0, 0.05) is 63.7 Å². The fourth-order valence-corrected chi connectivity index (χ4v) is 7.60. The van der Waals surface area contributed by atoms with Crippen molar-refractivity contribution in [3.05, 3.63) is 0 Å². The number of fused-ring (bicyclic) bond motifs is 4. The molecule has 2 bridgehead atoms. The summed E-state index contributed by atoms with van der Waals surface area (Å²) >= 11 is 0. The molecule has 0 saturated carbocycles. The first-order chi connectivity index (χ1) is 17.4. The number of nitrogens with zero attached hydrogens (tertiary/aromatic N) is 4. The van der Waals surface area contributed by atoms with Crippen molar-refractivity contribution in [2.75, 3.05) is 52.4 Å². The lowest BCUT2D eigenvalue weighted by atomic mass is 9.76. The second-order valence-electron chi connectivity index (χ2n) is 12.5. The standard InChI is InChI=1S/C28H47N5O3/c1-20(2)30-12-7-21(8-13-30)6-11-29-27(35)23-9-14-31(15-10-23)28(36)32-17-22-16-24(19-32)25-4-3-5-26(34)33(25)18-22/h20-25H,3-19H2,1-2H3,(H,29,35)/t22-,24+,25+/m0/s1. The van der Waals surface area contributed by atoms with Gasteiger partial charge in [-0.1, -0.05) is 0 Å². The molecule has 5 aliphatic rings. The summed E-state index contributed by atoms with van der Waals surface area (Å²) < 4.78 is 0. The van der Waals surface area contributed by atoms with E-state index in [1.165, 1.54) is 25.9 Å². The van der Waals surface area contributed by atoms with Gasteiger partial charge in [-0.3, -0.25) is 9.59 Å². The van der Waals surface area contributed by atoms with Crippen LogP contribution in [0.1, 0.15) is 71.6 Å². The summed E-state index contributed by atoms with van der Waals surface area (Å²) in [6.45, 7) is 11.4. The topological polar surface area (TPSA) is 76.2 Å². The van der Waals surface area contributed by atoms with Gasteiger partial charge in [0.05, 0.1) is 0 Å². The van der Waals surface area contributed by atoms with Gasteiger partial charge >= 0.3 is 6.03 Å². The lowest BCUT2D eigenvalue weighted by Crippen LogP contribution is -2.62. The third-order valence-corrected chi connectivity index (χ3v) is 9.82. The van der Waals surface area contributed by atoms with Gasteiger partial charge < -0.3 is 24.9 Å². The van der Waals surface area contributed by atoms with E-state index in [0.29, 0.717) is 49.3 Å². The van der Waals surface area contributed by atoms with E-state index in [9.17, 15) is 14.4 Å². The quantitative estimate of drug-likeness (QED) is 0.629. The number of urea groups is 1. The van der Waals surface area contributed by atoms with Gasteiger partial charge in [0.1, 0.15) is 0 Å². The molecule has 202 valence electrons. The lowest BCUT2D eigenvalue weighted by molar-refractivity contribution is -0.144. The summed E-state index contributed by atoms with van der Waals surface area (Å²) in [5.41, 5.74) is 0. The summed E-state index contributed by atoms with van der Waals surface area (Å²) in [4.78, 5) is 47.2. The molecule has 1 N–H and O–H groups in total. The summed E-state index contributed by atoms with van der Waals surface area (Å²) in [5.74, 6) is 2.08. The average molecular weight is 502 g/mol. The van der Waals surface area contributed by atoms with E-state index in [1.54, 1.807) is 0 Å². The zero-order chi connectivity index (χ0) is 25.2. The minimum absolute atomic E-state index is 0.0272. The molecule has 8 nitrogen and oxygen atoms in total. The molecule has 5 heterocycles. The molecule has 5 rings (SSSR count).